The van der Waals surface area contributed by atoms with Crippen LogP contribution in [-0.4, -0.2) is 95.5 Å². The zero-order valence-corrected chi connectivity index (χ0v) is 15.6. The molecule has 0 bridgehead atoms. The Balaban J connectivity index is 1.71. The highest BCUT2D eigenvalue weighted by molar-refractivity contribution is 8.03. The lowest BCUT2D eigenvalue weighted by Crippen LogP contribution is -2.63. The monoisotopic (exact) mass is 343 g/mol. The summed E-state index contributed by atoms with van der Waals surface area (Å²) in [7, 11) is 4.23. The van der Waals surface area contributed by atoms with Crippen LogP contribution in [-0.2, 0) is 4.79 Å². The predicted molar refractivity (Wildman–Crippen MR) is 96.9 cm³/mol. The second kappa shape index (κ2) is 7.32. The molecule has 3 rings (SSSR count). The Kier molecular flexibility index (Phi) is 5.64. The first kappa shape index (κ1) is 16.9. The van der Waals surface area contributed by atoms with Gasteiger partial charge in [0.2, 0.25) is 5.91 Å². The smallest absolute Gasteiger partial charge is 0.222 e. The quantitative estimate of drug-likeness (QED) is 0.718. The highest BCUT2D eigenvalue weighted by atomic mass is 32.2. The molecule has 22 heavy (non-hydrogen) atoms. The minimum atomic E-state index is 0.209. The van der Waals surface area contributed by atoms with Crippen molar-refractivity contribution in [2.45, 2.75) is 30.8 Å². The van der Waals surface area contributed by atoms with E-state index in [0.717, 1.165) is 38.5 Å². The van der Waals surface area contributed by atoms with Gasteiger partial charge in [-0.15, -0.1) is 0 Å². The van der Waals surface area contributed by atoms with Gasteiger partial charge in [-0.2, -0.15) is 23.5 Å². The Morgan fingerprint density at radius 2 is 1.77 bits per heavy atom. The Hall–Kier alpha value is 0.0900. The van der Waals surface area contributed by atoms with E-state index in [1.807, 2.05) is 11.9 Å². The van der Waals surface area contributed by atoms with Crippen molar-refractivity contribution in [2.24, 2.45) is 0 Å². The Labute approximate surface area is 143 Å². The molecule has 0 N–H and O–H groups in total. The normalized spacial score (nSPS) is 33.9. The number of carbonyl (C=O) groups is 1. The summed E-state index contributed by atoms with van der Waals surface area (Å²) < 4.78 is 0. The highest BCUT2D eigenvalue weighted by Crippen LogP contribution is 2.33. The molecule has 0 aromatic carbocycles. The predicted octanol–water partition coefficient (Wildman–Crippen LogP) is 1.46. The van der Waals surface area contributed by atoms with Crippen molar-refractivity contribution >= 4 is 29.4 Å². The lowest BCUT2D eigenvalue weighted by atomic mass is 9.86. The molecule has 6 heteroatoms. The number of piperazine rings is 1. The first-order chi connectivity index (χ1) is 10.6. The topological polar surface area (TPSA) is 26.8 Å². The van der Waals surface area contributed by atoms with E-state index >= 15 is 0 Å². The molecule has 3 saturated heterocycles. The van der Waals surface area contributed by atoms with Gasteiger partial charge in [0.15, 0.2) is 0 Å². The van der Waals surface area contributed by atoms with Crippen molar-refractivity contribution in [3.05, 3.63) is 0 Å². The summed E-state index contributed by atoms with van der Waals surface area (Å²) in [5.41, 5.74) is 0.209. The molecule has 126 valence electrons. The van der Waals surface area contributed by atoms with Crippen molar-refractivity contribution in [3.63, 3.8) is 0 Å². The van der Waals surface area contributed by atoms with Crippen molar-refractivity contribution in [2.75, 3.05) is 63.3 Å². The first-order valence-corrected chi connectivity index (χ1v) is 10.8. The molecule has 0 aromatic rings. The summed E-state index contributed by atoms with van der Waals surface area (Å²) >= 11 is 4.24. The number of thioether (sulfide) groups is 2. The summed E-state index contributed by atoms with van der Waals surface area (Å²) in [6.45, 7) is 4.39. The van der Waals surface area contributed by atoms with Crippen LogP contribution in [0.25, 0.3) is 0 Å². The molecule has 3 aliphatic rings. The summed E-state index contributed by atoms with van der Waals surface area (Å²) in [6, 6.07) is 0.722. The maximum Gasteiger partial charge on any atom is 0.222 e. The van der Waals surface area contributed by atoms with Gasteiger partial charge >= 0.3 is 0 Å². The number of likely N-dealkylation sites (tertiary alicyclic amines) is 1. The van der Waals surface area contributed by atoms with E-state index in [9.17, 15) is 4.79 Å². The molecular formula is C16H29N3OS2. The third kappa shape index (κ3) is 3.60. The van der Waals surface area contributed by atoms with E-state index in [2.05, 4.69) is 40.4 Å². The molecule has 3 heterocycles. The van der Waals surface area contributed by atoms with Gasteiger partial charge in [-0.3, -0.25) is 14.6 Å². The van der Waals surface area contributed by atoms with E-state index < -0.39 is 0 Å². The molecule has 0 radical (unpaired) electrons. The lowest BCUT2D eigenvalue weighted by molar-refractivity contribution is -0.129. The fraction of sp³-hybridized carbons (Fsp3) is 0.938. The zero-order chi connectivity index (χ0) is 15.6. The van der Waals surface area contributed by atoms with Crippen LogP contribution in [0.1, 0.15) is 19.3 Å². The zero-order valence-electron chi connectivity index (χ0n) is 13.9. The maximum absolute atomic E-state index is 12.1. The molecular weight excluding hydrogens is 314 g/mol. The van der Waals surface area contributed by atoms with E-state index in [-0.39, 0.29) is 5.54 Å². The Morgan fingerprint density at radius 3 is 2.50 bits per heavy atom. The van der Waals surface area contributed by atoms with Crippen LogP contribution in [0, 0.1) is 0 Å². The first-order valence-electron chi connectivity index (χ1n) is 8.45. The van der Waals surface area contributed by atoms with Gasteiger partial charge < -0.3 is 4.90 Å². The number of carbonyl (C=O) groups excluding carboxylic acids is 1. The molecule has 0 aliphatic carbocycles. The fourth-order valence-electron chi connectivity index (χ4n) is 3.92. The molecule has 3 aliphatic heterocycles. The van der Waals surface area contributed by atoms with Gasteiger partial charge in [0.05, 0.1) is 0 Å². The van der Waals surface area contributed by atoms with Crippen LogP contribution in [0.5, 0.6) is 0 Å². The van der Waals surface area contributed by atoms with Gasteiger partial charge in [0.25, 0.3) is 0 Å². The second-order valence-electron chi connectivity index (χ2n) is 6.99. The average Bonchev–Trinajstić information content (AvgIpc) is 2.87. The van der Waals surface area contributed by atoms with Gasteiger partial charge in [0.1, 0.15) is 0 Å². The summed E-state index contributed by atoms with van der Waals surface area (Å²) in [5, 5.41) is 0. The number of hydrogen-bond acceptors (Lipinski definition) is 5. The van der Waals surface area contributed by atoms with Gasteiger partial charge in [0, 0.05) is 74.2 Å². The average molecular weight is 344 g/mol. The van der Waals surface area contributed by atoms with Crippen LogP contribution >= 0.6 is 23.5 Å². The van der Waals surface area contributed by atoms with E-state index in [0.29, 0.717) is 12.3 Å². The standard InChI is InChI=1S/C16H29N3OS2/c1-17-6-5-16(4-3-15(17)20)13-19(8-7-18(16)2)14-11-21-9-10-22-12-14/h14H,3-13H2,1-2H3/t16-/m1/s1. The van der Waals surface area contributed by atoms with Crippen molar-refractivity contribution in [1.29, 1.82) is 0 Å². The van der Waals surface area contributed by atoms with E-state index in [1.165, 1.54) is 29.6 Å². The van der Waals surface area contributed by atoms with Crippen LogP contribution in [0.4, 0.5) is 0 Å². The van der Waals surface area contributed by atoms with Crippen molar-refractivity contribution in [3.8, 4) is 0 Å². The molecule has 4 nitrogen and oxygen atoms in total. The van der Waals surface area contributed by atoms with Crippen LogP contribution in [0.15, 0.2) is 0 Å². The summed E-state index contributed by atoms with van der Waals surface area (Å²) in [5.74, 6) is 5.50. The van der Waals surface area contributed by atoms with Crippen molar-refractivity contribution in [1.82, 2.24) is 14.7 Å². The Morgan fingerprint density at radius 1 is 1.05 bits per heavy atom. The second-order valence-corrected chi connectivity index (χ2v) is 9.28. The SMILES string of the molecule is CN1CC[C@]2(CCC1=O)CN(C1CSCCSC1)CCN2C. The van der Waals surface area contributed by atoms with Gasteiger partial charge in [-0.1, -0.05) is 0 Å². The minimum absolute atomic E-state index is 0.209. The van der Waals surface area contributed by atoms with Crippen LogP contribution < -0.4 is 0 Å². The number of nitrogens with zero attached hydrogens (tertiary/aromatic N) is 3. The third-order valence-electron chi connectivity index (χ3n) is 5.68. The molecule has 1 amide bonds. The number of rotatable bonds is 1. The molecule has 0 unspecified atom stereocenters. The molecule has 0 saturated carbocycles. The molecule has 1 spiro atoms. The lowest BCUT2D eigenvalue weighted by Gasteiger charge is -2.51. The van der Waals surface area contributed by atoms with Crippen LogP contribution in [0.3, 0.4) is 0 Å². The number of likely N-dealkylation sites (N-methyl/N-ethyl adjacent to an activating group) is 1. The van der Waals surface area contributed by atoms with E-state index in [1.54, 1.807) is 0 Å². The number of hydrogen-bond donors (Lipinski definition) is 0. The van der Waals surface area contributed by atoms with Gasteiger partial charge in [-0.05, 0) is 19.9 Å². The maximum atomic E-state index is 12.1. The van der Waals surface area contributed by atoms with Gasteiger partial charge in [-0.25, -0.2) is 0 Å². The summed E-state index contributed by atoms with van der Waals surface area (Å²) in [4.78, 5) is 19.3. The third-order valence-corrected chi connectivity index (χ3v) is 8.17. The fourth-order valence-corrected chi connectivity index (χ4v) is 6.54. The molecule has 3 fully saturated rings. The van der Waals surface area contributed by atoms with Crippen molar-refractivity contribution < 1.29 is 4.79 Å². The highest BCUT2D eigenvalue weighted by Gasteiger charge is 2.43. The minimum Gasteiger partial charge on any atom is -0.346 e. The van der Waals surface area contributed by atoms with E-state index in [4.69, 9.17) is 0 Å². The largest absolute Gasteiger partial charge is 0.346 e. The van der Waals surface area contributed by atoms with Crippen LogP contribution in [0.2, 0.25) is 0 Å². The Bertz CT molecular complexity index is 401. The number of amides is 1. The molecule has 1 atom stereocenters. The molecule has 0 aromatic heterocycles. The summed E-state index contributed by atoms with van der Waals surface area (Å²) in [6.07, 6.45) is 2.86.